The van der Waals surface area contributed by atoms with Gasteiger partial charge >= 0.3 is 0 Å². The predicted molar refractivity (Wildman–Crippen MR) is 89.9 cm³/mol. The molecule has 3 nitrogen and oxygen atoms in total. The zero-order valence-electron chi connectivity index (χ0n) is 13.9. The van der Waals surface area contributed by atoms with Crippen LogP contribution in [0, 0.1) is 5.82 Å². The Morgan fingerprint density at radius 2 is 2.05 bits per heavy atom. The van der Waals surface area contributed by atoms with Gasteiger partial charge in [-0.05, 0) is 45.1 Å². The second-order valence-corrected chi connectivity index (χ2v) is 6.98. The SMILES string of the molecule is CCn1c(CN(C)C)nc(C(C)C)c1Sc1cccc(F)c1. The van der Waals surface area contributed by atoms with E-state index in [1.54, 1.807) is 23.9 Å². The average molecular weight is 321 g/mol. The monoisotopic (exact) mass is 321 g/mol. The summed E-state index contributed by atoms with van der Waals surface area (Å²) in [6.07, 6.45) is 0. The Balaban J connectivity index is 2.45. The van der Waals surface area contributed by atoms with Crippen molar-refractivity contribution in [2.24, 2.45) is 0 Å². The molecular weight excluding hydrogens is 297 g/mol. The largest absolute Gasteiger partial charge is 0.322 e. The van der Waals surface area contributed by atoms with Crippen LogP contribution in [0.5, 0.6) is 0 Å². The molecule has 2 aromatic rings. The molecule has 0 atom stereocenters. The second kappa shape index (κ2) is 7.29. The van der Waals surface area contributed by atoms with Gasteiger partial charge in [0.1, 0.15) is 16.7 Å². The maximum absolute atomic E-state index is 13.4. The fraction of sp³-hybridized carbons (Fsp3) is 0.471. The van der Waals surface area contributed by atoms with Gasteiger partial charge in [0.15, 0.2) is 0 Å². The summed E-state index contributed by atoms with van der Waals surface area (Å²) in [5, 5.41) is 1.12. The highest BCUT2D eigenvalue weighted by atomic mass is 32.2. The maximum Gasteiger partial charge on any atom is 0.124 e. The molecule has 2 rings (SSSR count). The third-order valence-electron chi connectivity index (χ3n) is 3.36. The van der Waals surface area contributed by atoms with E-state index in [-0.39, 0.29) is 5.82 Å². The van der Waals surface area contributed by atoms with Crippen LogP contribution < -0.4 is 0 Å². The predicted octanol–water partition coefficient (Wildman–Crippen LogP) is 4.38. The van der Waals surface area contributed by atoms with E-state index in [0.717, 1.165) is 34.5 Å². The van der Waals surface area contributed by atoms with Gasteiger partial charge in [-0.2, -0.15) is 0 Å². The number of nitrogens with zero attached hydrogens (tertiary/aromatic N) is 3. The van der Waals surface area contributed by atoms with Gasteiger partial charge in [0.05, 0.1) is 12.2 Å². The van der Waals surface area contributed by atoms with Crippen molar-refractivity contribution < 1.29 is 4.39 Å². The van der Waals surface area contributed by atoms with E-state index in [1.807, 2.05) is 20.2 Å². The molecule has 0 aliphatic carbocycles. The highest BCUT2D eigenvalue weighted by Gasteiger charge is 2.20. The molecule has 1 aromatic carbocycles. The summed E-state index contributed by atoms with van der Waals surface area (Å²) in [4.78, 5) is 7.88. The summed E-state index contributed by atoms with van der Waals surface area (Å²) in [6, 6.07) is 6.74. The van der Waals surface area contributed by atoms with Gasteiger partial charge in [0.25, 0.3) is 0 Å². The van der Waals surface area contributed by atoms with Crippen molar-refractivity contribution in [3.8, 4) is 0 Å². The average Bonchev–Trinajstić information content (AvgIpc) is 2.75. The molecule has 1 heterocycles. The molecule has 120 valence electrons. The quantitative estimate of drug-likeness (QED) is 0.788. The Labute approximate surface area is 136 Å². The van der Waals surface area contributed by atoms with Gasteiger partial charge in [-0.15, -0.1) is 0 Å². The fourth-order valence-electron chi connectivity index (χ4n) is 2.36. The Bertz CT molecular complexity index is 635. The first-order valence-electron chi connectivity index (χ1n) is 7.59. The molecule has 0 radical (unpaired) electrons. The lowest BCUT2D eigenvalue weighted by molar-refractivity contribution is 0.379. The first-order valence-corrected chi connectivity index (χ1v) is 8.41. The summed E-state index contributed by atoms with van der Waals surface area (Å²) in [7, 11) is 4.09. The van der Waals surface area contributed by atoms with Crippen LogP contribution in [0.2, 0.25) is 0 Å². The minimum Gasteiger partial charge on any atom is -0.322 e. The molecule has 0 N–H and O–H groups in total. The number of benzene rings is 1. The highest BCUT2D eigenvalue weighted by molar-refractivity contribution is 7.99. The number of aromatic nitrogens is 2. The van der Waals surface area contributed by atoms with Crippen molar-refractivity contribution in [2.45, 2.75) is 49.7 Å². The smallest absolute Gasteiger partial charge is 0.124 e. The van der Waals surface area contributed by atoms with Crippen molar-refractivity contribution >= 4 is 11.8 Å². The van der Waals surface area contributed by atoms with E-state index >= 15 is 0 Å². The zero-order chi connectivity index (χ0) is 16.3. The molecule has 0 spiro atoms. The van der Waals surface area contributed by atoms with Gasteiger partial charge < -0.3 is 9.47 Å². The Morgan fingerprint density at radius 1 is 1.32 bits per heavy atom. The molecule has 22 heavy (non-hydrogen) atoms. The zero-order valence-corrected chi connectivity index (χ0v) is 14.7. The van der Waals surface area contributed by atoms with Crippen molar-refractivity contribution in [3.63, 3.8) is 0 Å². The molecule has 0 saturated heterocycles. The lowest BCUT2D eigenvalue weighted by Gasteiger charge is -2.13. The summed E-state index contributed by atoms with van der Waals surface area (Å²) in [5.41, 5.74) is 1.09. The van der Waals surface area contributed by atoms with Crippen molar-refractivity contribution in [2.75, 3.05) is 14.1 Å². The Morgan fingerprint density at radius 3 is 2.59 bits per heavy atom. The molecule has 0 aliphatic heterocycles. The minimum absolute atomic E-state index is 0.202. The summed E-state index contributed by atoms with van der Waals surface area (Å²) < 4.78 is 15.7. The van der Waals surface area contributed by atoms with E-state index in [9.17, 15) is 4.39 Å². The molecule has 0 aliphatic rings. The minimum atomic E-state index is -0.202. The van der Waals surface area contributed by atoms with Crippen molar-refractivity contribution in [3.05, 3.63) is 41.6 Å². The third-order valence-corrected chi connectivity index (χ3v) is 4.47. The number of hydrogen-bond acceptors (Lipinski definition) is 3. The third kappa shape index (κ3) is 3.90. The van der Waals surface area contributed by atoms with Crippen molar-refractivity contribution in [1.82, 2.24) is 14.5 Å². The molecular formula is C17H24FN3S. The van der Waals surface area contributed by atoms with Gasteiger partial charge in [-0.1, -0.05) is 31.7 Å². The van der Waals surface area contributed by atoms with E-state index in [0.29, 0.717) is 5.92 Å². The first kappa shape index (κ1) is 17.0. The summed E-state index contributed by atoms with van der Waals surface area (Å²) in [6.45, 7) is 8.09. The number of imidazole rings is 1. The van der Waals surface area contributed by atoms with Gasteiger partial charge in [-0.25, -0.2) is 9.37 Å². The van der Waals surface area contributed by atoms with E-state index in [2.05, 4.69) is 30.2 Å². The Hall–Kier alpha value is -1.33. The van der Waals surface area contributed by atoms with E-state index in [4.69, 9.17) is 4.98 Å². The normalized spacial score (nSPS) is 11.6. The van der Waals surface area contributed by atoms with E-state index < -0.39 is 0 Å². The molecule has 0 unspecified atom stereocenters. The highest BCUT2D eigenvalue weighted by Crippen LogP contribution is 2.35. The van der Waals surface area contributed by atoms with Gasteiger partial charge in [0.2, 0.25) is 0 Å². The van der Waals surface area contributed by atoms with Crippen LogP contribution in [0.1, 0.15) is 38.2 Å². The number of hydrogen-bond donors (Lipinski definition) is 0. The van der Waals surface area contributed by atoms with Crippen molar-refractivity contribution in [1.29, 1.82) is 0 Å². The number of rotatable bonds is 6. The molecule has 0 bridgehead atoms. The lowest BCUT2D eigenvalue weighted by Crippen LogP contribution is -2.15. The topological polar surface area (TPSA) is 21.1 Å². The molecule has 0 fully saturated rings. The molecule has 5 heteroatoms. The van der Waals surface area contributed by atoms with Gasteiger partial charge in [-0.3, -0.25) is 0 Å². The van der Waals surface area contributed by atoms with Crippen LogP contribution in [0.15, 0.2) is 34.2 Å². The maximum atomic E-state index is 13.4. The standard InChI is InChI=1S/C17H24FN3S/c1-6-21-15(11-20(4)5)19-16(12(2)3)17(21)22-14-9-7-8-13(18)10-14/h7-10,12H,6,11H2,1-5H3. The van der Waals surface area contributed by atoms with Gasteiger partial charge in [0, 0.05) is 11.4 Å². The lowest BCUT2D eigenvalue weighted by atomic mass is 10.1. The van der Waals surface area contributed by atoms with Crippen LogP contribution in [-0.2, 0) is 13.1 Å². The number of halogens is 1. The van der Waals surface area contributed by atoms with Crippen LogP contribution in [-0.4, -0.2) is 28.5 Å². The molecule has 0 amide bonds. The summed E-state index contributed by atoms with van der Waals surface area (Å²) >= 11 is 1.60. The van der Waals surface area contributed by atoms with E-state index in [1.165, 1.54) is 6.07 Å². The first-order chi connectivity index (χ1) is 10.4. The van der Waals surface area contributed by atoms with Crippen LogP contribution in [0.3, 0.4) is 0 Å². The van der Waals surface area contributed by atoms with Crippen LogP contribution in [0.4, 0.5) is 4.39 Å². The molecule has 1 aromatic heterocycles. The fourth-order valence-corrected chi connectivity index (χ4v) is 3.63. The van der Waals surface area contributed by atoms with Crippen LogP contribution in [0.25, 0.3) is 0 Å². The van der Waals surface area contributed by atoms with Crippen LogP contribution >= 0.6 is 11.8 Å². The molecule has 0 saturated carbocycles. The summed E-state index contributed by atoms with van der Waals surface area (Å²) in [5.74, 6) is 1.20. The second-order valence-electron chi connectivity index (χ2n) is 5.91. The Kier molecular flexibility index (Phi) is 5.64.